The number of hydrogen-bond donors (Lipinski definition) is 0. The van der Waals surface area contributed by atoms with Gasteiger partial charge in [-0.15, -0.1) is 0 Å². The first-order valence-electron chi connectivity index (χ1n) is 4.14. The van der Waals surface area contributed by atoms with Crippen molar-refractivity contribution in [3.05, 3.63) is 46.9 Å². The summed E-state index contributed by atoms with van der Waals surface area (Å²) in [4.78, 5) is 0. The van der Waals surface area contributed by atoms with E-state index in [4.69, 9.17) is 0 Å². The molecule has 0 nitrogen and oxygen atoms in total. The van der Waals surface area contributed by atoms with Gasteiger partial charge in [0.1, 0.15) is 0 Å². The summed E-state index contributed by atoms with van der Waals surface area (Å²) in [6, 6.07) is 6.30. The van der Waals surface area contributed by atoms with Crippen molar-refractivity contribution in [2.24, 2.45) is 0 Å². The Balaban J connectivity index is 3.63. The molecule has 0 unspecified atom stereocenters. The van der Waals surface area contributed by atoms with Crippen molar-refractivity contribution in [1.29, 1.82) is 0 Å². The van der Waals surface area contributed by atoms with Gasteiger partial charge in [0, 0.05) is 0 Å². The highest BCUT2D eigenvalue weighted by atomic mass is 13.9. The molecule has 0 N–H and O–H groups in total. The van der Waals surface area contributed by atoms with Crippen molar-refractivity contribution < 1.29 is 0 Å². The molecule has 1 rings (SSSR count). The van der Waals surface area contributed by atoms with E-state index in [1.807, 2.05) is 12.2 Å². The molecule has 0 radical (unpaired) electrons. The Morgan fingerprint density at radius 2 is 2.08 bits per heavy atom. The molecule has 0 aromatic heterocycles. The first kappa shape index (κ1) is 8.79. The van der Waals surface area contributed by atoms with Gasteiger partial charge < -0.3 is 0 Å². The fourth-order valence-corrected chi connectivity index (χ4v) is 1.30. The van der Waals surface area contributed by atoms with Crippen LogP contribution in [0.2, 0.25) is 0 Å². The van der Waals surface area contributed by atoms with Gasteiger partial charge in [0.2, 0.25) is 0 Å². The van der Waals surface area contributed by atoms with E-state index < -0.39 is 0 Å². The minimum atomic E-state index is 1.27. The summed E-state index contributed by atoms with van der Waals surface area (Å²) in [7, 11) is 0. The molecule has 1 aromatic carbocycles. The lowest BCUT2D eigenvalue weighted by molar-refractivity contribution is 1.37. The third kappa shape index (κ3) is 1.65. The monoisotopic (exact) mass is 158 g/mol. The second-order valence-electron chi connectivity index (χ2n) is 2.77. The van der Waals surface area contributed by atoms with Crippen LogP contribution in [0.25, 0.3) is 12.2 Å². The zero-order chi connectivity index (χ0) is 8.97. The molecule has 62 valence electrons. The van der Waals surface area contributed by atoms with E-state index in [2.05, 4.69) is 44.7 Å². The summed E-state index contributed by atoms with van der Waals surface area (Å²) in [6.45, 7) is 7.87. The second kappa shape index (κ2) is 3.91. The summed E-state index contributed by atoms with van der Waals surface area (Å²) in [6.07, 6.45) is 5.99. The van der Waals surface area contributed by atoms with Gasteiger partial charge >= 0.3 is 0 Å². The highest BCUT2D eigenvalue weighted by Gasteiger charge is 1.86. The van der Waals surface area contributed by atoms with Crippen molar-refractivity contribution in [3.8, 4) is 0 Å². The van der Waals surface area contributed by atoms with E-state index in [1.165, 1.54) is 16.0 Å². The number of aryl methyl sites for hydroxylation is 1. The molecule has 0 bridgehead atoms. The van der Waals surface area contributed by atoms with Gasteiger partial charge in [-0.3, -0.25) is 0 Å². The maximum Gasteiger partial charge on any atom is -0.0158 e. The summed E-state index contributed by atoms with van der Waals surface area (Å²) >= 11 is 0. The molecule has 0 heteroatoms. The number of allylic oxidation sites excluding steroid dienone is 1. The quantitative estimate of drug-likeness (QED) is 0.584. The van der Waals surface area contributed by atoms with E-state index >= 15 is 0 Å². The molecule has 12 heavy (non-hydrogen) atoms. The summed E-state index contributed by atoms with van der Waals surface area (Å²) < 4.78 is 0. The zero-order valence-corrected chi connectivity index (χ0v) is 7.67. The van der Waals surface area contributed by atoms with Gasteiger partial charge in [-0.25, -0.2) is 0 Å². The molecule has 0 aliphatic carbocycles. The van der Waals surface area contributed by atoms with E-state index in [1.54, 1.807) is 0 Å². The highest BCUT2D eigenvalue weighted by Crippen LogP contribution is 1.83. The predicted octanol–water partition coefficient (Wildman–Crippen LogP) is 1.76. The molecule has 0 heterocycles. The minimum absolute atomic E-state index is 1.27. The van der Waals surface area contributed by atoms with Crippen molar-refractivity contribution in [2.45, 2.75) is 13.8 Å². The van der Waals surface area contributed by atoms with Crippen LogP contribution in [0.4, 0.5) is 0 Å². The van der Waals surface area contributed by atoms with Crippen LogP contribution in [0, 0.1) is 6.92 Å². The van der Waals surface area contributed by atoms with E-state index in [0.717, 1.165) is 0 Å². The standard InChI is InChI=1S/C12H14/c1-4-7-12-10(3)8-6-9-11(12)5-2/h4-9H,1H2,2-3H3. The Hall–Kier alpha value is -1.30. The lowest BCUT2D eigenvalue weighted by Gasteiger charge is -1.94. The van der Waals surface area contributed by atoms with Crippen LogP contribution in [-0.4, -0.2) is 0 Å². The van der Waals surface area contributed by atoms with Crippen LogP contribution >= 0.6 is 0 Å². The topological polar surface area (TPSA) is 0 Å². The highest BCUT2D eigenvalue weighted by molar-refractivity contribution is 5.41. The fraction of sp³-hybridized carbons (Fsp3) is 0.167. The number of rotatable bonds is 1. The molecule has 0 spiro atoms. The maximum absolute atomic E-state index is 3.70. The van der Waals surface area contributed by atoms with Crippen molar-refractivity contribution >= 4 is 12.2 Å². The van der Waals surface area contributed by atoms with Gasteiger partial charge in [-0.1, -0.05) is 43.0 Å². The van der Waals surface area contributed by atoms with Crippen molar-refractivity contribution in [1.82, 2.24) is 0 Å². The average molecular weight is 158 g/mol. The van der Waals surface area contributed by atoms with Crippen LogP contribution < -0.4 is 10.4 Å². The average Bonchev–Trinajstić information content (AvgIpc) is 2.09. The molecule has 0 fully saturated rings. The maximum atomic E-state index is 3.70. The van der Waals surface area contributed by atoms with E-state index in [-0.39, 0.29) is 0 Å². The summed E-state index contributed by atoms with van der Waals surface area (Å²) in [5, 5.41) is 2.55. The van der Waals surface area contributed by atoms with Crippen molar-refractivity contribution in [3.63, 3.8) is 0 Å². The van der Waals surface area contributed by atoms with Gasteiger partial charge in [-0.05, 0) is 29.8 Å². The SMILES string of the molecule is C=CC=c1c(C)cccc1=CC. The molecule has 0 aliphatic rings. The third-order valence-electron chi connectivity index (χ3n) is 1.95. The Bertz CT molecular complexity index is 383. The lowest BCUT2D eigenvalue weighted by Crippen LogP contribution is -2.26. The van der Waals surface area contributed by atoms with Crippen LogP contribution in [0.15, 0.2) is 30.9 Å². The van der Waals surface area contributed by atoms with Gasteiger partial charge in [-0.2, -0.15) is 0 Å². The van der Waals surface area contributed by atoms with Crippen LogP contribution in [-0.2, 0) is 0 Å². The summed E-state index contributed by atoms with van der Waals surface area (Å²) in [5.41, 5.74) is 1.30. The summed E-state index contributed by atoms with van der Waals surface area (Å²) in [5.74, 6) is 0. The Labute approximate surface area is 73.6 Å². The van der Waals surface area contributed by atoms with Crippen LogP contribution in [0.5, 0.6) is 0 Å². The fourth-order valence-electron chi connectivity index (χ4n) is 1.30. The van der Waals surface area contributed by atoms with E-state index in [9.17, 15) is 0 Å². The Kier molecular flexibility index (Phi) is 2.87. The lowest BCUT2D eigenvalue weighted by atomic mass is 10.1. The third-order valence-corrected chi connectivity index (χ3v) is 1.95. The molecule has 0 saturated heterocycles. The van der Waals surface area contributed by atoms with Gasteiger partial charge in [0.05, 0.1) is 0 Å². The predicted molar refractivity (Wildman–Crippen MR) is 55.2 cm³/mol. The molecular formula is C12H14. The van der Waals surface area contributed by atoms with Crippen LogP contribution in [0.3, 0.4) is 0 Å². The van der Waals surface area contributed by atoms with E-state index in [0.29, 0.717) is 0 Å². The molecule has 0 amide bonds. The Morgan fingerprint density at radius 1 is 1.33 bits per heavy atom. The molecule has 0 aliphatic heterocycles. The number of hydrogen-bond acceptors (Lipinski definition) is 0. The minimum Gasteiger partial charge on any atom is -0.0990 e. The second-order valence-corrected chi connectivity index (χ2v) is 2.77. The van der Waals surface area contributed by atoms with Crippen LogP contribution in [0.1, 0.15) is 12.5 Å². The van der Waals surface area contributed by atoms with Crippen molar-refractivity contribution in [2.75, 3.05) is 0 Å². The number of benzene rings is 1. The molecule has 0 atom stereocenters. The smallest absolute Gasteiger partial charge is 0.0158 e. The zero-order valence-electron chi connectivity index (χ0n) is 7.67. The first-order valence-corrected chi connectivity index (χ1v) is 4.14. The first-order chi connectivity index (χ1) is 5.79. The van der Waals surface area contributed by atoms with Gasteiger partial charge in [0.15, 0.2) is 0 Å². The molecule has 1 aromatic rings. The largest absolute Gasteiger partial charge is 0.0990 e. The molecule has 0 saturated carbocycles. The van der Waals surface area contributed by atoms with Gasteiger partial charge in [0.25, 0.3) is 0 Å². The normalized spacial score (nSPS) is 13.5. The molecular weight excluding hydrogens is 144 g/mol. The Morgan fingerprint density at radius 3 is 2.67 bits per heavy atom.